The molecule has 82 valence electrons. The van der Waals surface area contributed by atoms with Crippen molar-refractivity contribution in [2.45, 2.75) is 19.3 Å². The predicted molar refractivity (Wildman–Crippen MR) is 51.7 cm³/mol. The summed E-state index contributed by atoms with van der Waals surface area (Å²) in [6.07, 6.45) is 0. The smallest absolute Gasteiger partial charge is 0.243 e. The third-order valence-corrected chi connectivity index (χ3v) is 2.34. The molecule has 1 rings (SSSR count). The minimum Gasteiger partial charge on any atom is -0.294 e. The first-order chi connectivity index (χ1) is 6.89. The lowest BCUT2D eigenvalue weighted by molar-refractivity contribution is -0.125. The maximum atomic E-state index is 12.9. The zero-order valence-electron chi connectivity index (χ0n) is 8.47. The Kier molecular flexibility index (Phi) is 3.04. The predicted octanol–water partition coefficient (Wildman–Crippen LogP) is 1.23. The highest BCUT2D eigenvalue weighted by molar-refractivity contribution is 5.86. The highest BCUT2D eigenvalue weighted by Gasteiger charge is 2.29. The maximum Gasteiger partial charge on any atom is 0.243 e. The highest BCUT2D eigenvalue weighted by Crippen LogP contribution is 2.24. The molecule has 1 aromatic carbocycles. The topological polar surface area (TPSA) is 55.1 Å². The minimum absolute atomic E-state index is 0.365. The van der Waals surface area contributed by atoms with Crippen LogP contribution in [0.25, 0.3) is 0 Å². The second kappa shape index (κ2) is 3.94. The van der Waals surface area contributed by atoms with Crippen LogP contribution in [0.1, 0.15) is 19.4 Å². The zero-order chi connectivity index (χ0) is 11.6. The van der Waals surface area contributed by atoms with Crippen LogP contribution in [0.15, 0.2) is 18.2 Å². The van der Waals surface area contributed by atoms with Gasteiger partial charge in [-0.25, -0.2) is 14.6 Å². The lowest BCUT2D eigenvalue weighted by Crippen LogP contribution is -2.43. The van der Waals surface area contributed by atoms with Crippen LogP contribution >= 0.6 is 0 Å². The number of benzene rings is 1. The van der Waals surface area contributed by atoms with E-state index in [0.29, 0.717) is 5.56 Å². The summed E-state index contributed by atoms with van der Waals surface area (Å²) in [4.78, 5) is 11.4. The molecule has 0 aliphatic heterocycles. The van der Waals surface area contributed by atoms with Crippen LogP contribution in [-0.2, 0) is 10.2 Å². The molecule has 1 amide bonds. The third-order valence-electron chi connectivity index (χ3n) is 2.34. The fraction of sp³-hybridized carbons (Fsp3) is 0.300. The molecule has 3 nitrogen and oxygen atoms in total. The molecule has 1 aromatic rings. The Hall–Kier alpha value is -1.49. The van der Waals surface area contributed by atoms with Crippen molar-refractivity contribution < 1.29 is 13.6 Å². The van der Waals surface area contributed by atoms with Crippen molar-refractivity contribution in [1.82, 2.24) is 5.43 Å². The summed E-state index contributed by atoms with van der Waals surface area (Å²) >= 11 is 0. The van der Waals surface area contributed by atoms with E-state index in [-0.39, 0.29) is 0 Å². The molecule has 0 bridgehead atoms. The van der Waals surface area contributed by atoms with Crippen molar-refractivity contribution in [3.63, 3.8) is 0 Å². The fourth-order valence-electron chi connectivity index (χ4n) is 1.20. The molecular formula is C10H12F2N2O. The molecular weight excluding hydrogens is 202 g/mol. The Bertz CT molecular complexity index is 391. The van der Waals surface area contributed by atoms with E-state index in [0.717, 1.165) is 12.1 Å². The van der Waals surface area contributed by atoms with Gasteiger partial charge in [-0.3, -0.25) is 10.2 Å². The van der Waals surface area contributed by atoms with Crippen molar-refractivity contribution in [3.05, 3.63) is 35.4 Å². The number of carbonyl (C=O) groups is 1. The molecule has 3 N–H and O–H groups in total. The second-order valence-electron chi connectivity index (χ2n) is 3.73. The van der Waals surface area contributed by atoms with Crippen molar-refractivity contribution in [2.75, 3.05) is 0 Å². The Labute approximate surface area is 86.2 Å². The lowest BCUT2D eigenvalue weighted by atomic mass is 9.84. The van der Waals surface area contributed by atoms with Crippen LogP contribution in [0.3, 0.4) is 0 Å². The molecule has 0 saturated heterocycles. The molecule has 0 heterocycles. The molecule has 0 aromatic heterocycles. The van der Waals surface area contributed by atoms with E-state index in [1.807, 2.05) is 5.43 Å². The summed E-state index contributed by atoms with van der Waals surface area (Å²) in [6.45, 7) is 3.14. The average molecular weight is 214 g/mol. The maximum absolute atomic E-state index is 12.9. The number of rotatable bonds is 2. The summed E-state index contributed by atoms with van der Waals surface area (Å²) in [5.74, 6) is 2.61. The summed E-state index contributed by atoms with van der Waals surface area (Å²) in [5, 5.41) is 0. The first-order valence-corrected chi connectivity index (χ1v) is 4.36. The fourth-order valence-corrected chi connectivity index (χ4v) is 1.20. The Morgan fingerprint density at radius 1 is 1.33 bits per heavy atom. The Balaban J connectivity index is 3.16. The van der Waals surface area contributed by atoms with Crippen LogP contribution in [-0.4, -0.2) is 5.91 Å². The lowest BCUT2D eigenvalue weighted by Gasteiger charge is -2.22. The van der Waals surface area contributed by atoms with Gasteiger partial charge in [0.15, 0.2) is 11.6 Å². The third kappa shape index (κ3) is 2.12. The first-order valence-electron chi connectivity index (χ1n) is 4.36. The molecule has 0 unspecified atom stereocenters. The largest absolute Gasteiger partial charge is 0.294 e. The molecule has 0 spiro atoms. The standard InChI is InChI=1S/C10H12F2N2O/c1-10(2,9(15)14-13)6-3-4-7(11)8(12)5-6/h3-5H,13H2,1-2H3,(H,14,15). The molecule has 0 atom stereocenters. The van der Waals surface area contributed by atoms with Crippen LogP contribution < -0.4 is 11.3 Å². The van der Waals surface area contributed by atoms with Crippen LogP contribution in [0.5, 0.6) is 0 Å². The quantitative estimate of drug-likeness (QED) is 0.442. The monoisotopic (exact) mass is 214 g/mol. The van der Waals surface area contributed by atoms with Crippen LogP contribution in [0, 0.1) is 11.6 Å². The van der Waals surface area contributed by atoms with Gasteiger partial charge >= 0.3 is 0 Å². The van der Waals surface area contributed by atoms with Crippen LogP contribution in [0.2, 0.25) is 0 Å². The van der Waals surface area contributed by atoms with Crippen molar-refractivity contribution in [3.8, 4) is 0 Å². The molecule has 0 saturated carbocycles. The number of hydrogen-bond donors (Lipinski definition) is 2. The SMILES string of the molecule is CC(C)(C(=O)NN)c1ccc(F)c(F)c1. The number of carbonyl (C=O) groups excluding carboxylic acids is 1. The van der Waals surface area contributed by atoms with E-state index < -0.39 is 23.0 Å². The van der Waals surface area contributed by atoms with Gasteiger partial charge in [0.25, 0.3) is 0 Å². The van der Waals surface area contributed by atoms with Gasteiger partial charge in [-0.2, -0.15) is 0 Å². The zero-order valence-corrected chi connectivity index (χ0v) is 8.47. The first kappa shape index (κ1) is 11.6. The minimum atomic E-state index is -0.997. The Morgan fingerprint density at radius 2 is 1.93 bits per heavy atom. The number of nitrogens with one attached hydrogen (secondary N) is 1. The second-order valence-corrected chi connectivity index (χ2v) is 3.73. The van der Waals surface area contributed by atoms with E-state index >= 15 is 0 Å². The van der Waals surface area contributed by atoms with Gasteiger partial charge in [-0.05, 0) is 31.5 Å². The number of hydrogen-bond acceptors (Lipinski definition) is 2. The summed E-state index contributed by atoms with van der Waals surface area (Å²) < 4.78 is 25.6. The van der Waals surface area contributed by atoms with E-state index in [4.69, 9.17) is 5.84 Å². The molecule has 0 radical (unpaired) electrons. The van der Waals surface area contributed by atoms with Crippen molar-refractivity contribution >= 4 is 5.91 Å². The number of halogens is 2. The van der Waals surface area contributed by atoms with E-state index in [1.165, 1.54) is 6.07 Å². The van der Waals surface area contributed by atoms with E-state index in [1.54, 1.807) is 13.8 Å². The number of nitrogens with two attached hydrogens (primary N) is 1. The normalized spacial score (nSPS) is 11.3. The highest BCUT2D eigenvalue weighted by atomic mass is 19.2. The van der Waals surface area contributed by atoms with Gasteiger partial charge in [0.2, 0.25) is 5.91 Å². The number of amides is 1. The van der Waals surface area contributed by atoms with Gasteiger partial charge in [0, 0.05) is 0 Å². The molecule has 0 aliphatic carbocycles. The molecule has 15 heavy (non-hydrogen) atoms. The number of hydrazine groups is 1. The summed E-state index contributed by atoms with van der Waals surface area (Å²) in [6, 6.07) is 3.33. The van der Waals surface area contributed by atoms with Crippen molar-refractivity contribution in [2.24, 2.45) is 5.84 Å². The van der Waals surface area contributed by atoms with Gasteiger partial charge in [-0.1, -0.05) is 6.07 Å². The molecule has 0 aliphatic rings. The van der Waals surface area contributed by atoms with Gasteiger partial charge in [0.05, 0.1) is 5.41 Å². The van der Waals surface area contributed by atoms with Crippen LogP contribution in [0.4, 0.5) is 8.78 Å². The average Bonchev–Trinajstić information content (AvgIpc) is 2.20. The molecule has 0 fully saturated rings. The Morgan fingerprint density at radius 3 is 2.40 bits per heavy atom. The summed E-state index contributed by atoms with van der Waals surface area (Å²) in [5.41, 5.74) is 1.35. The van der Waals surface area contributed by atoms with Crippen molar-refractivity contribution in [1.29, 1.82) is 0 Å². The summed E-state index contributed by atoms with van der Waals surface area (Å²) in [7, 11) is 0. The molecule has 5 heteroatoms. The van der Waals surface area contributed by atoms with E-state index in [2.05, 4.69) is 0 Å². The van der Waals surface area contributed by atoms with Gasteiger partial charge in [-0.15, -0.1) is 0 Å². The van der Waals surface area contributed by atoms with Gasteiger partial charge in [0.1, 0.15) is 0 Å². The van der Waals surface area contributed by atoms with Gasteiger partial charge < -0.3 is 0 Å². The van der Waals surface area contributed by atoms with E-state index in [9.17, 15) is 13.6 Å².